The van der Waals surface area contributed by atoms with Crippen LogP contribution in [0.1, 0.15) is 74.9 Å². The highest BCUT2D eigenvalue weighted by Gasteiger charge is 2.42. The van der Waals surface area contributed by atoms with Crippen LogP contribution in [0, 0.1) is 0 Å². The number of rotatable bonds is 13. The second kappa shape index (κ2) is 34.7. The second-order valence-corrected chi connectivity index (χ2v) is 39.5. The summed E-state index contributed by atoms with van der Waals surface area (Å²) >= 11 is 0. The van der Waals surface area contributed by atoms with E-state index in [-0.39, 0.29) is 16.2 Å². The Morgan fingerprint density at radius 1 is 0.153 bits per heavy atom. The molecule has 25 aromatic rings. The molecule has 9 nitrogen and oxygen atoms in total. The predicted octanol–water partition coefficient (Wildman–Crippen LogP) is 34.3. The lowest BCUT2D eigenvalue weighted by Crippen LogP contribution is -2.15. The van der Waals surface area contributed by atoms with Gasteiger partial charge in [0, 0.05) is 81.9 Å². The Balaban J connectivity index is 0.000000110. The van der Waals surface area contributed by atoms with Gasteiger partial charge in [0.25, 0.3) is 0 Å². The molecule has 682 valence electrons. The van der Waals surface area contributed by atoms with E-state index in [0.29, 0.717) is 17.8 Å². The first-order chi connectivity index (χ1) is 70.7. The molecular weight excluding hydrogens is 1750 g/mol. The zero-order chi connectivity index (χ0) is 96.5. The number of nitrogens with zero attached hydrogens (tertiary/aromatic N) is 9. The number of fused-ring (bicyclic) bond motifs is 21. The van der Waals surface area contributed by atoms with Crippen molar-refractivity contribution in [1.29, 1.82) is 0 Å². The fraction of sp³-hybridized carbons (Fsp3) is 0.0667. The van der Waals surface area contributed by atoms with E-state index in [4.69, 9.17) is 29.9 Å². The molecule has 0 saturated heterocycles. The van der Waals surface area contributed by atoms with Gasteiger partial charge in [-0.3, -0.25) is 13.7 Å². The smallest absolute Gasteiger partial charge is 0.235 e. The molecule has 0 N–H and O–H groups in total. The van der Waals surface area contributed by atoms with Crippen molar-refractivity contribution in [2.24, 2.45) is 0 Å². The number of aromatic nitrogens is 9. The molecule has 6 heterocycles. The minimum absolute atomic E-state index is 0.140. The Hall–Kier alpha value is -18.2. The topological polar surface area (TPSA) is 92.1 Å². The molecule has 0 radical (unpaired) electrons. The van der Waals surface area contributed by atoms with E-state index in [1.165, 1.54) is 144 Å². The van der Waals surface area contributed by atoms with Gasteiger partial charge in [-0.05, 0) is 166 Å². The van der Waals surface area contributed by atoms with E-state index in [1.807, 2.05) is 30.3 Å². The molecule has 0 aliphatic heterocycles. The van der Waals surface area contributed by atoms with Crippen molar-refractivity contribution >= 4 is 65.4 Å². The van der Waals surface area contributed by atoms with Gasteiger partial charge in [-0.15, -0.1) is 0 Å². The maximum absolute atomic E-state index is 5.34. The van der Waals surface area contributed by atoms with Crippen molar-refractivity contribution in [2.75, 3.05) is 0 Å². The summed E-state index contributed by atoms with van der Waals surface area (Å²) in [6.45, 7) is 14.1. The summed E-state index contributed by atoms with van der Waals surface area (Å²) in [5.74, 6) is 2.00. The van der Waals surface area contributed by atoms with Crippen LogP contribution in [0.25, 0.3) is 229 Å². The lowest BCUT2D eigenvalue weighted by molar-refractivity contribution is 0.666. The number of benzene rings is 19. The molecule has 0 atom stereocenters. The SMILES string of the molecule is CC1(C)c2ccccc2-c2ccc3c(c21)c1ccccc1n3-c1nc(-c2ccccc2)cc(-c2ccc(-c3ccc(-c4ccccc4)cc3)cc2)n1.CC1(C)c2ccccc2-c2ccc3c(c21)c1ccccc1n3-c1nc(-c2ccccc2)cc(-c2ccc(-c3ccccc3)cc2)n1.CC1(C)c2ccccc2-c2ccc3c(c21)c1ccccc1n3-c1nc(-c2ccccc2)cc(-c2ccc(-c3ccccc3)cc2)n1. The van der Waals surface area contributed by atoms with Crippen molar-refractivity contribution in [3.63, 3.8) is 0 Å². The molecule has 28 rings (SSSR count). The predicted molar refractivity (Wildman–Crippen MR) is 596 cm³/mol. The van der Waals surface area contributed by atoms with Crippen LogP contribution in [0.15, 0.2) is 479 Å². The van der Waals surface area contributed by atoms with Gasteiger partial charge >= 0.3 is 0 Å². The molecular formula is C135H97N9. The highest BCUT2D eigenvalue weighted by atomic mass is 15.2. The van der Waals surface area contributed by atoms with Gasteiger partial charge in [0.1, 0.15) is 0 Å². The monoisotopic (exact) mass is 1840 g/mol. The van der Waals surface area contributed by atoms with Crippen molar-refractivity contribution in [3.05, 3.63) is 513 Å². The highest BCUT2D eigenvalue weighted by Crippen LogP contribution is 2.58. The zero-order valence-electron chi connectivity index (χ0n) is 80.6. The van der Waals surface area contributed by atoms with Gasteiger partial charge in [-0.2, -0.15) is 0 Å². The molecule has 0 amide bonds. The third-order valence-corrected chi connectivity index (χ3v) is 30.1. The Labute approximate surface area is 836 Å². The van der Waals surface area contributed by atoms with Crippen LogP contribution in [0.3, 0.4) is 0 Å². The molecule has 19 aromatic carbocycles. The van der Waals surface area contributed by atoms with E-state index in [1.54, 1.807) is 0 Å². The van der Waals surface area contributed by atoms with E-state index in [9.17, 15) is 0 Å². The summed E-state index contributed by atoms with van der Waals surface area (Å²) in [5.41, 5.74) is 43.6. The molecule has 0 fully saturated rings. The van der Waals surface area contributed by atoms with Gasteiger partial charge in [0.2, 0.25) is 17.8 Å². The average Bonchev–Trinajstić information content (AvgIpc) is 1.54. The summed E-state index contributed by atoms with van der Waals surface area (Å²) in [4.78, 5) is 31.7. The minimum atomic E-state index is -0.151. The molecule has 0 bridgehead atoms. The quantitative estimate of drug-likeness (QED) is 0.114. The lowest BCUT2D eigenvalue weighted by atomic mass is 9.80. The molecule has 0 saturated carbocycles. The molecule has 6 aromatic heterocycles. The summed E-state index contributed by atoms with van der Waals surface area (Å²) in [7, 11) is 0. The number of hydrogen-bond donors (Lipinski definition) is 0. The summed E-state index contributed by atoms with van der Waals surface area (Å²) in [6, 6.07) is 170. The highest BCUT2D eigenvalue weighted by molar-refractivity contribution is 6.17. The van der Waals surface area contributed by atoms with Crippen molar-refractivity contribution < 1.29 is 0 Å². The van der Waals surface area contributed by atoms with Crippen LogP contribution >= 0.6 is 0 Å². The van der Waals surface area contributed by atoms with E-state index in [2.05, 4.69) is 504 Å². The second-order valence-electron chi connectivity index (χ2n) is 39.5. The largest absolute Gasteiger partial charge is 0.278 e. The maximum Gasteiger partial charge on any atom is 0.235 e. The fourth-order valence-corrected chi connectivity index (χ4v) is 23.2. The van der Waals surface area contributed by atoms with Crippen molar-refractivity contribution in [3.8, 4) is 163 Å². The van der Waals surface area contributed by atoms with Gasteiger partial charge in [0.15, 0.2) is 0 Å². The van der Waals surface area contributed by atoms with E-state index in [0.717, 1.165) is 101 Å². The zero-order valence-corrected chi connectivity index (χ0v) is 80.6. The van der Waals surface area contributed by atoms with E-state index >= 15 is 0 Å². The van der Waals surface area contributed by atoms with Crippen molar-refractivity contribution in [1.82, 2.24) is 43.6 Å². The molecule has 0 spiro atoms. The molecule has 3 aliphatic rings. The molecule has 144 heavy (non-hydrogen) atoms. The number of para-hydroxylation sites is 3. The van der Waals surface area contributed by atoms with Crippen LogP contribution in [0.5, 0.6) is 0 Å². The van der Waals surface area contributed by atoms with Crippen LogP contribution < -0.4 is 0 Å². The summed E-state index contributed by atoms with van der Waals surface area (Å²) < 4.78 is 6.79. The van der Waals surface area contributed by atoms with Gasteiger partial charge < -0.3 is 0 Å². The number of hydrogen-bond acceptors (Lipinski definition) is 6. The lowest BCUT2D eigenvalue weighted by Gasteiger charge is -2.22. The van der Waals surface area contributed by atoms with Crippen LogP contribution in [0.4, 0.5) is 0 Å². The van der Waals surface area contributed by atoms with Crippen molar-refractivity contribution in [2.45, 2.75) is 57.8 Å². The first-order valence-corrected chi connectivity index (χ1v) is 49.6. The van der Waals surface area contributed by atoms with Crippen LogP contribution in [-0.2, 0) is 16.2 Å². The van der Waals surface area contributed by atoms with Crippen LogP contribution in [-0.4, -0.2) is 43.6 Å². The van der Waals surface area contributed by atoms with Gasteiger partial charge in [-0.1, -0.05) is 466 Å². The summed E-state index contributed by atoms with van der Waals surface area (Å²) in [5, 5.41) is 7.48. The Morgan fingerprint density at radius 3 is 0.569 bits per heavy atom. The third kappa shape index (κ3) is 14.5. The fourth-order valence-electron chi connectivity index (χ4n) is 23.2. The maximum atomic E-state index is 5.34. The summed E-state index contributed by atoms with van der Waals surface area (Å²) in [6.07, 6.45) is 0. The molecule has 3 aliphatic carbocycles. The Bertz CT molecular complexity index is 8980. The molecule has 9 heteroatoms. The normalized spacial score (nSPS) is 13.1. The third-order valence-electron chi connectivity index (χ3n) is 30.1. The van der Waals surface area contributed by atoms with Gasteiger partial charge in [-0.25, -0.2) is 29.9 Å². The average molecular weight is 1850 g/mol. The first kappa shape index (κ1) is 86.2. The Morgan fingerprint density at radius 2 is 0.333 bits per heavy atom. The first-order valence-electron chi connectivity index (χ1n) is 49.6. The van der Waals surface area contributed by atoms with E-state index < -0.39 is 0 Å². The van der Waals surface area contributed by atoms with Gasteiger partial charge in [0.05, 0.1) is 67.3 Å². The van der Waals surface area contributed by atoms with Crippen LogP contribution in [0.2, 0.25) is 0 Å². The minimum Gasteiger partial charge on any atom is -0.278 e. The molecule has 0 unspecified atom stereocenters. The standard InChI is InChI=1S/C49H35N3.2C43H31N3/c1-49(2)41-19-11-9-17-38(41)39-29-30-45-46(47(39)49)40-18-10-12-20-44(40)52(45)48-50-42(36-15-7-4-8-16-36)31-43(51-48)37-27-25-35(26-28-37)34-23-21-33(22-24-34)32-13-5-3-6-14-32;2*1-43(2)35-19-11-9-17-32(35)33-25-26-39-40(41(33)43)34-18-10-12-20-38(34)46(39)42-44-36(30-15-7-4-8-16-30)27-37(45-42)31-23-21-29(22-24-31)28-13-5-3-6-14-28/h3-31H,1-2H3;2*3-27H,1-2H3. The Kier molecular flexibility index (Phi) is 20.8.